The molecule has 1 heterocycles. The molecule has 1 amide bonds. The molecule has 27 heavy (non-hydrogen) atoms. The quantitative estimate of drug-likeness (QED) is 0.708. The van der Waals surface area contributed by atoms with Gasteiger partial charge in [-0.25, -0.2) is 0 Å². The number of rotatable bonds is 4. The van der Waals surface area contributed by atoms with E-state index in [0.29, 0.717) is 15.7 Å². The summed E-state index contributed by atoms with van der Waals surface area (Å²) in [5.74, 6) is -1.78. The number of carbonyl (C=O) groups is 2. The Kier molecular flexibility index (Phi) is 5.03. The van der Waals surface area contributed by atoms with Crippen molar-refractivity contribution in [1.29, 1.82) is 0 Å². The fraction of sp³-hybridized carbons (Fsp3) is 0.263. The van der Waals surface area contributed by atoms with Crippen molar-refractivity contribution < 1.29 is 27.9 Å². The summed E-state index contributed by atoms with van der Waals surface area (Å²) in [6.45, 7) is 1.55. The SMILES string of the molecule is CC(CC(=O)O)c1cc(Br)cc(N2Cc3c(cccc3C(F)(F)F)C2=O)c1. The van der Waals surface area contributed by atoms with Crippen molar-refractivity contribution in [2.45, 2.75) is 32.0 Å². The van der Waals surface area contributed by atoms with Crippen LogP contribution in [-0.4, -0.2) is 17.0 Å². The Bertz CT molecular complexity index is 927. The Morgan fingerprint density at radius 1 is 1.30 bits per heavy atom. The lowest BCUT2D eigenvalue weighted by Crippen LogP contribution is -2.23. The number of anilines is 1. The van der Waals surface area contributed by atoms with Crippen molar-refractivity contribution in [3.05, 3.63) is 63.1 Å². The fourth-order valence-electron chi connectivity index (χ4n) is 3.22. The van der Waals surface area contributed by atoms with Gasteiger partial charge in [-0.1, -0.05) is 28.9 Å². The van der Waals surface area contributed by atoms with E-state index in [4.69, 9.17) is 5.11 Å². The first kappa shape index (κ1) is 19.4. The van der Waals surface area contributed by atoms with E-state index < -0.39 is 23.6 Å². The van der Waals surface area contributed by atoms with E-state index in [-0.39, 0.29) is 30.0 Å². The van der Waals surface area contributed by atoms with Gasteiger partial charge < -0.3 is 10.0 Å². The lowest BCUT2D eigenvalue weighted by atomic mass is 9.97. The molecule has 0 fully saturated rings. The highest BCUT2D eigenvalue weighted by Crippen LogP contribution is 2.39. The number of alkyl halides is 3. The lowest BCUT2D eigenvalue weighted by molar-refractivity contribution is -0.138. The average Bonchev–Trinajstić information content (AvgIpc) is 2.90. The second kappa shape index (κ2) is 6.99. The van der Waals surface area contributed by atoms with Crippen LogP contribution in [0.25, 0.3) is 0 Å². The van der Waals surface area contributed by atoms with Gasteiger partial charge >= 0.3 is 12.1 Å². The molecule has 0 saturated carbocycles. The van der Waals surface area contributed by atoms with E-state index >= 15 is 0 Å². The predicted molar refractivity (Wildman–Crippen MR) is 96.8 cm³/mol. The number of nitrogens with zero attached hydrogens (tertiary/aromatic N) is 1. The Morgan fingerprint density at radius 2 is 2.00 bits per heavy atom. The minimum atomic E-state index is -4.54. The van der Waals surface area contributed by atoms with Gasteiger partial charge in [-0.15, -0.1) is 0 Å². The zero-order chi connectivity index (χ0) is 19.9. The van der Waals surface area contributed by atoms with Crippen molar-refractivity contribution in [3.8, 4) is 0 Å². The minimum Gasteiger partial charge on any atom is -0.481 e. The van der Waals surface area contributed by atoms with Gasteiger partial charge in [0.2, 0.25) is 0 Å². The van der Waals surface area contributed by atoms with E-state index in [0.717, 1.165) is 6.07 Å². The number of benzene rings is 2. The predicted octanol–water partition coefficient (Wildman–Crippen LogP) is 5.21. The maximum Gasteiger partial charge on any atom is 0.416 e. The molecule has 0 radical (unpaired) electrons. The van der Waals surface area contributed by atoms with Crippen LogP contribution in [0.4, 0.5) is 18.9 Å². The topological polar surface area (TPSA) is 57.6 Å². The van der Waals surface area contributed by atoms with Crippen LogP contribution in [0, 0.1) is 0 Å². The molecule has 4 nitrogen and oxygen atoms in total. The largest absolute Gasteiger partial charge is 0.481 e. The Morgan fingerprint density at radius 3 is 2.63 bits per heavy atom. The molecular formula is C19H15BrF3NO3. The molecule has 1 N–H and O–H groups in total. The molecule has 142 valence electrons. The van der Waals surface area contributed by atoms with Gasteiger partial charge in [-0.2, -0.15) is 13.2 Å². The van der Waals surface area contributed by atoms with Gasteiger partial charge in [-0.05, 0) is 47.4 Å². The first-order valence-corrected chi connectivity index (χ1v) is 8.90. The second-order valence-corrected chi connectivity index (χ2v) is 7.38. The summed E-state index contributed by atoms with van der Waals surface area (Å²) >= 11 is 3.33. The van der Waals surface area contributed by atoms with Crippen LogP contribution in [0.3, 0.4) is 0 Å². The van der Waals surface area contributed by atoms with Crippen molar-refractivity contribution in [2.24, 2.45) is 0 Å². The third-order valence-electron chi connectivity index (χ3n) is 4.54. The van der Waals surface area contributed by atoms with Gasteiger partial charge in [0, 0.05) is 15.7 Å². The Balaban J connectivity index is 2.00. The lowest BCUT2D eigenvalue weighted by Gasteiger charge is -2.19. The summed E-state index contributed by atoms with van der Waals surface area (Å²) in [4.78, 5) is 24.9. The molecule has 8 heteroatoms. The highest BCUT2D eigenvalue weighted by atomic mass is 79.9. The number of halogens is 4. The number of carbonyl (C=O) groups excluding carboxylic acids is 1. The van der Waals surface area contributed by atoms with Crippen LogP contribution in [0.2, 0.25) is 0 Å². The maximum atomic E-state index is 13.3. The number of fused-ring (bicyclic) bond motifs is 1. The molecule has 0 spiro atoms. The summed E-state index contributed by atoms with van der Waals surface area (Å²) in [6.07, 6.45) is -4.64. The summed E-state index contributed by atoms with van der Waals surface area (Å²) in [6, 6.07) is 8.61. The molecule has 2 aromatic carbocycles. The smallest absolute Gasteiger partial charge is 0.416 e. The number of hydrogen-bond acceptors (Lipinski definition) is 2. The fourth-order valence-corrected chi connectivity index (χ4v) is 3.72. The van der Waals surface area contributed by atoms with Crippen LogP contribution in [-0.2, 0) is 17.5 Å². The second-order valence-electron chi connectivity index (χ2n) is 6.46. The number of hydrogen-bond donors (Lipinski definition) is 1. The number of carboxylic acid groups (broad SMARTS) is 1. The normalized spacial score (nSPS) is 15.0. The van der Waals surface area contributed by atoms with Crippen molar-refractivity contribution in [2.75, 3.05) is 4.90 Å². The van der Waals surface area contributed by atoms with E-state index in [2.05, 4.69) is 15.9 Å². The third-order valence-corrected chi connectivity index (χ3v) is 5.00. The zero-order valence-electron chi connectivity index (χ0n) is 14.2. The van der Waals surface area contributed by atoms with Crippen molar-refractivity contribution in [1.82, 2.24) is 0 Å². The molecule has 0 bridgehead atoms. The third kappa shape index (κ3) is 3.85. The minimum absolute atomic E-state index is 0.0323. The summed E-state index contributed by atoms with van der Waals surface area (Å²) in [7, 11) is 0. The zero-order valence-corrected chi connectivity index (χ0v) is 15.8. The summed E-state index contributed by atoms with van der Waals surface area (Å²) in [5.41, 5.74) is 0.276. The van der Waals surface area contributed by atoms with Gasteiger partial charge in [0.15, 0.2) is 0 Å². The van der Waals surface area contributed by atoms with Crippen molar-refractivity contribution in [3.63, 3.8) is 0 Å². The molecule has 0 aromatic heterocycles. The van der Waals surface area contributed by atoms with E-state index in [9.17, 15) is 22.8 Å². The monoisotopic (exact) mass is 441 g/mol. The first-order valence-electron chi connectivity index (χ1n) is 8.11. The van der Waals surface area contributed by atoms with Crippen LogP contribution in [0.1, 0.15) is 46.3 Å². The summed E-state index contributed by atoms with van der Waals surface area (Å²) < 4.78 is 40.4. The van der Waals surface area contributed by atoms with Crippen molar-refractivity contribution >= 4 is 33.5 Å². The molecule has 0 saturated heterocycles. The van der Waals surface area contributed by atoms with E-state index in [1.165, 1.54) is 17.0 Å². The number of carboxylic acids is 1. The molecule has 3 rings (SSSR count). The van der Waals surface area contributed by atoms with Crippen LogP contribution < -0.4 is 4.90 Å². The van der Waals surface area contributed by atoms with E-state index in [1.54, 1.807) is 25.1 Å². The maximum absolute atomic E-state index is 13.3. The molecule has 1 aliphatic rings. The highest BCUT2D eigenvalue weighted by molar-refractivity contribution is 9.10. The van der Waals surface area contributed by atoms with Gasteiger partial charge in [-0.3, -0.25) is 9.59 Å². The molecular weight excluding hydrogens is 427 g/mol. The van der Waals surface area contributed by atoms with Crippen LogP contribution in [0.5, 0.6) is 0 Å². The number of amides is 1. The standard InChI is InChI=1S/C19H15BrF3NO3/c1-10(5-17(25)26)11-6-12(20)8-13(7-11)24-9-15-14(18(24)27)3-2-4-16(15)19(21,22)23/h2-4,6-8,10H,5,9H2,1H3,(H,25,26). The molecule has 1 aliphatic heterocycles. The first-order chi connectivity index (χ1) is 12.6. The average molecular weight is 442 g/mol. The van der Waals surface area contributed by atoms with Gasteiger partial charge in [0.05, 0.1) is 18.5 Å². The highest BCUT2D eigenvalue weighted by Gasteiger charge is 2.39. The molecule has 0 aliphatic carbocycles. The van der Waals surface area contributed by atoms with Crippen LogP contribution in [0.15, 0.2) is 40.9 Å². The summed E-state index contributed by atoms with van der Waals surface area (Å²) in [5, 5.41) is 8.98. The Hall–Kier alpha value is -2.35. The molecule has 2 aromatic rings. The molecule has 1 unspecified atom stereocenters. The Labute approximate surface area is 161 Å². The van der Waals surface area contributed by atoms with Gasteiger partial charge in [0.1, 0.15) is 0 Å². The molecule has 1 atom stereocenters. The van der Waals surface area contributed by atoms with Crippen LogP contribution >= 0.6 is 15.9 Å². The number of aliphatic carboxylic acids is 1. The van der Waals surface area contributed by atoms with Gasteiger partial charge in [0.25, 0.3) is 5.91 Å². The van der Waals surface area contributed by atoms with E-state index in [1.807, 2.05) is 0 Å².